The van der Waals surface area contributed by atoms with Crippen LogP contribution >= 0.6 is 0 Å². The minimum absolute atomic E-state index is 0.00926. The Bertz CT molecular complexity index is 813. The van der Waals surface area contributed by atoms with Crippen LogP contribution in [-0.2, 0) is 20.9 Å². The summed E-state index contributed by atoms with van der Waals surface area (Å²) in [6.07, 6.45) is 5.69. The summed E-state index contributed by atoms with van der Waals surface area (Å²) in [5.74, 6) is -0.928. The van der Waals surface area contributed by atoms with E-state index < -0.39 is 11.9 Å². The number of nitrogens with one attached hydrogen (secondary N) is 2. The third-order valence-corrected chi connectivity index (χ3v) is 5.82. The van der Waals surface area contributed by atoms with E-state index in [1.165, 1.54) is 11.3 Å². The quantitative estimate of drug-likeness (QED) is 0.796. The second kappa shape index (κ2) is 7.13. The number of anilines is 1. The Hall–Kier alpha value is -2.70. The van der Waals surface area contributed by atoms with Crippen molar-refractivity contribution in [3.8, 4) is 0 Å². The van der Waals surface area contributed by atoms with E-state index in [1.807, 2.05) is 0 Å². The summed E-state index contributed by atoms with van der Waals surface area (Å²) in [5, 5.41) is 5.30. The van der Waals surface area contributed by atoms with Gasteiger partial charge in [0.15, 0.2) is 0 Å². The first-order valence-electron chi connectivity index (χ1n) is 9.62. The average molecular weight is 369 g/mol. The number of hydrogen-bond donors (Lipinski definition) is 2. The lowest BCUT2D eigenvalue weighted by Gasteiger charge is -2.29. The predicted molar refractivity (Wildman–Crippen MR) is 97.7 cm³/mol. The van der Waals surface area contributed by atoms with Gasteiger partial charge in [-0.25, -0.2) is 0 Å². The monoisotopic (exact) mass is 369 g/mol. The number of nitrogens with zero attached hydrogens (tertiary/aromatic N) is 1. The van der Waals surface area contributed by atoms with Crippen LogP contribution in [0.3, 0.4) is 0 Å². The maximum Gasteiger partial charge on any atom is 0.255 e. The molecule has 142 valence electrons. The van der Waals surface area contributed by atoms with Gasteiger partial charge in [-0.05, 0) is 31.4 Å². The Morgan fingerprint density at radius 3 is 2.59 bits per heavy atom. The van der Waals surface area contributed by atoms with E-state index in [2.05, 4.69) is 10.6 Å². The molecule has 2 aliphatic heterocycles. The van der Waals surface area contributed by atoms with Crippen molar-refractivity contribution in [2.45, 2.75) is 57.5 Å². The Labute approximate surface area is 157 Å². The largest absolute Gasteiger partial charge is 0.326 e. The molecule has 1 saturated heterocycles. The van der Waals surface area contributed by atoms with Crippen LogP contribution in [-0.4, -0.2) is 34.6 Å². The molecule has 27 heavy (non-hydrogen) atoms. The molecule has 0 radical (unpaired) electrons. The zero-order valence-electron chi connectivity index (χ0n) is 15.1. The van der Waals surface area contributed by atoms with Gasteiger partial charge in [0.2, 0.25) is 17.7 Å². The number of piperidine rings is 1. The van der Waals surface area contributed by atoms with Crippen LogP contribution in [0.25, 0.3) is 0 Å². The van der Waals surface area contributed by atoms with Crippen molar-refractivity contribution in [2.24, 2.45) is 5.92 Å². The molecule has 1 saturated carbocycles. The lowest BCUT2D eigenvalue weighted by atomic mass is 9.88. The van der Waals surface area contributed by atoms with Crippen LogP contribution in [0.5, 0.6) is 0 Å². The molecule has 7 nitrogen and oxygen atoms in total. The summed E-state index contributed by atoms with van der Waals surface area (Å²) in [7, 11) is 0. The first-order valence-corrected chi connectivity index (χ1v) is 9.62. The molecule has 3 aliphatic rings. The summed E-state index contributed by atoms with van der Waals surface area (Å²) in [5.41, 5.74) is 1.91. The third-order valence-electron chi connectivity index (χ3n) is 5.82. The van der Waals surface area contributed by atoms with Gasteiger partial charge in [-0.1, -0.05) is 25.3 Å². The average Bonchev–Trinajstić information content (AvgIpc) is 3.00. The Morgan fingerprint density at radius 2 is 1.85 bits per heavy atom. The first-order chi connectivity index (χ1) is 13.0. The number of fused-ring (bicyclic) bond motifs is 1. The minimum Gasteiger partial charge on any atom is -0.326 e. The van der Waals surface area contributed by atoms with Crippen LogP contribution in [0.15, 0.2) is 18.2 Å². The van der Waals surface area contributed by atoms with Gasteiger partial charge in [-0.2, -0.15) is 0 Å². The van der Waals surface area contributed by atoms with Gasteiger partial charge in [-0.15, -0.1) is 0 Å². The normalized spacial score (nSPS) is 23.2. The van der Waals surface area contributed by atoms with E-state index in [9.17, 15) is 19.2 Å². The lowest BCUT2D eigenvalue weighted by molar-refractivity contribution is -0.137. The van der Waals surface area contributed by atoms with Gasteiger partial charge in [0.1, 0.15) is 6.04 Å². The Kier molecular flexibility index (Phi) is 4.68. The van der Waals surface area contributed by atoms with Gasteiger partial charge in [0.05, 0.1) is 0 Å². The molecule has 1 aromatic carbocycles. The molecule has 2 N–H and O–H groups in total. The Balaban J connectivity index is 1.53. The number of carbonyl (C=O) groups is 4. The maximum atomic E-state index is 12.8. The third kappa shape index (κ3) is 3.34. The fraction of sp³-hybridized carbons (Fsp3) is 0.500. The standard InChI is InChI=1S/C20H23N3O4/c24-17-10-9-16(19(26)22-17)23-11-14-13(20(23)27)7-4-8-15(14)21-18(25)12-5-2-1-3-6-12/h4,7-8,12,16H,1-3,5-6,9-11H2,(H,21,25)(H,22,24,26). The van der Waals surface area contributed by atoms with Gasteiger partial charge >= 0.3 is 0 Å². The maximum absolute atomic E-state index is 12.8. The summed E-state index contributed by atoms with van der Waals surface area (Å²) in [4.78, 5) is 50.5. The number of rotatable bonds is 3. The molecule has 2 fully saturated rings. The highest BCUT2D eigenvalue weighted by Crippen LogP contribution is 2.33. The van der Waals surface area contributed by atoms with Crippen LogP contribution in [0, 0.1) is 5.92 Å². The number of amides is 4. The first kappa shape index (κ1) is 17.7. The van der Waals surface area contributed by atoms with E-state index in [1.54, 1.807) is 18.2 Å². The summed E-state index contributed by atoms with van der Waals surface area (Å²) in [6, 6.07) is 4.63. The fourth-order valence-corrected chi connectivity index (χ4v) is 4.30. The van der Waals surface area contributed by atoms with Crippen LogP contribution in [0.4, 0.5) is 5.69 Å². The van der Waals surface area contributed by atoms with Gasteiger partial charge in [-0.3, -0.25) is 24.5 Å². The number of hydrogen-bond acceptors (Lipinski definition) is 4. The number of carbonyl (C=O) groups excluding carboxylic acids is 4. The van der Waals surface area contributed by atoms with E-state index in [4.69, 9.17) is 0 Å². The lowest BCUT2D eigenvalue weighted by Crippen LogP contribution is -2.52. The highest BCUT2D eigenvalue weighted by molar-refractivity contribution is 6.06. The van der Waals surface area contributed by atoms with E-state index >= 15 is 0 Å². The van der Waals surface area contributed by atoms with Crippen molar-refractivity contribution >= 4 is 29.3 Å². The smallest absolute Gasteiger partial charge is 0.255 e. The Morgan fingerprint density at radius 1 is 1.07 bits per heavy atom. The van der Waals surface area contributed by atoms with Gasteiger partial charge in [0.25, 0.3) is 5.91 Å². The summed E-state index contributed by atoms with van der Waals surface area (Å²) in [6.45, 7) is 0.265. The summed E-state index contributed by atoms with van der Waals surface area (Å²) < 4.78 is 0. The predicted octanol–water partition coefficient (Wildman–Crippen LogP) is 1.97. The molecule has 1 aromatic rings. The molecule has 2 heterocycles. The minimum atomic E-state index is -0.649. The van der Waals surface area contributed by atoms with E-state index in [0.717, 1.165) is 31.2 Å². The van der Waals surface area contributed by atoms with Crippen molar-refractivity contribution in [3.05, 3.63) is 29.3 Å². The van der Waals surface area contributed by atoms with Crippen LogP contribution in [0.1, 0.15) is 60.9 Å². The van der Waals surface area contributed by atoms with E-state index in [-0.39, 0.29) is 36.6 Å². The van der Waals surface area contributed by atoms with Crippen LogP contribution in [0.2, 0.25) is 0 Å². The van der Waals surface area contributed by atoms with Crippen molar-refractivity contribution in [1.29, 1.82) is 0 Å². The molecule has 1 atom stereocenters. The molecule has 4 amide bonds. The van der Waals surface area contributed by atoms with Gasteiger partial charge in [0, 0.05) is 35.7 Å². The SMILES string of the molecule is O=C1CCC(N2Cc3c(NC(=O)C4CCCCC4)cccc3C2=O)C(=O)N1. The van der Waals surface area contributed by atoms with Crippen molar-refractivity contribution < 1.29 is 19.2 Å². The van der Waals surface area contributed by atoms with Gasteiger partial charge < -0.3 is 10.2 Å². The molecule has 1 aliphatic carbocycles. The van der Waals surface area contributed by atoms with E-state index in [0.29, 0.717) is 17.7 Å². The molecule has 1 unspecified atom stereocenters. The van der Waals surface area contributed by atoms with Crippen LogP contribution < -0.4 is 10.6 Å². The molecular weight excluding hydrogens is 346 g/mol. The zero-order valence-corrected chi connectivity index (χ0v) is 15.1. The molecule has 0 spiro atoms. The molecule has 4 rings (SSSR count). The van der Waals surface area contributed by atoms with Crippen molar-refractivity contribution in [3.63, 3.8) is 0 Å². The zero-order chi connectivity index (χ0) is 19.0. The number of benzene rings is 1. The second-order valence-electron chi connectivity index (χ2n) is 7.56. The van der Waals surface area contributed by atoms with Crippen molar-refractivity contribution in [2.75, 3.05) is 5.32 Å². The topological polar surface area (TPSA) is 95.6 Å². The highest BCUT2D eigenvalue weighted by Gasteiger charge is 2.40. The molecule has 0 aromatic heterocycles. The number of imide groups is 1. The van der Waals surface area contributed by atoms with Crippen molar-refractivity contribution in [1.82, 2.24) is 10.2 Å². The molecular formula is C20H23N3O4. The molecule has 0 bridgehead atoms. The fourth-order valence-electron chi connectivity index (χ4n) is 4.30. The molecule has 7 heteroatoms. The summed E-state index contributed by atoms with van der Waals surface area (Å²) >= 11 is 0. The highest BCUT2D eigenvalue weighted by atomic mass is 16.2. The second-order valence-corrected chi connectivity index (χ2v) is 7.56.